The van der Waals surface area contributed by atoms with Gasteiger partial charge in [-0.15, -0.1) is 5.10 Å². The number of guanidine groups is 1. The summed E-state index contributed by atoms with van der Waals surface area (Å²) in [5.41, 5.74) is 9.94. The molecule has 1 aromatic heterocycles. The second-order valence-electron chi connectivity index (χ2n) is 5.59. The van der Waals surface area contributed by atoms with Gasteiger partial charge >= 0.3 is 5.97 Å². The number of aliphatic imine (C=N–C) groups is 1. The number of aromatic nitrogens is 3. The van der Waals surface area contributed by atoms with E-state index in [1.54, 1.807) is 6.92 Å². The van der Waals surface area contributed by atoms with Gasteiger partial charge in [0.05, 0.1) is 17.9 Å². The molecule has 0 aliphatic heterocycles. The molecule has 0 amide bonds. The predicted octanol–water partition coefficient (Wildman–Crippen LogP) is 1.89. The lowest BCUT2D eigenvalue weighted by atomic mass is 10.2. The molecular weight excluding hydrogens is 351 g/mol. The molecule has 8 nitrogen and oxygen atoms in total. The molecule has 3 N–H and O–H groups in total. The minimum atomic E-state index is -0.765. The van der Waals surface area contributed by atoms with E-state index < -0.39 is 5.97 Å². The van der Waals surface area contributed by atoms with Crippen LogP contribution in [0.5, 0.6) is 0 Å². The summed E-state index contributed by atoms with van der Waals surface area (Å²) < 4.78 is 14.4. The zero-order valence-corrected chi connectivity index (χ0v) is 14.5. The molecule has 0 fully saturated rings. The highest BCUT2D eigenvalue weighted by Gasteiger charge is 2.19. The van der Waals surface area contributed by atoms with Crippen LogP contribution in [0.2, 0.25) is 0 Å². The molecule has 0 radical (unpaired) electrons. The topological polar surface area (TPSA) is 107 Å². The van der Waals surface area contributed by atoms with Crippen molar-refractivity contribution in [2.45, 2.75) is 13.5 Å². The van der Waals surface area contributed by atoms with E-state index in [0.29, 0.717) is 17.9 Å². The van der Waals surface area contributed by atoms with Crippen LogP contribution in [0.1, 0.15) is 21.7 Å². The third-order valence-corrected chi connectivity index (χ3v) is 3.68. The number of nitrogens with two attached hydrogens (primary N) is 1. The number of carbonyl (C=O) groups excluding carboxylic acids is 1. The Morgan fingerprint density at radius 1 is 1.22 bits per heavy atom. The number of rotatable bonds is 4. The van der Waals surface area contributed by atoms with Crippen molar-refractivity contribution in [3.05, 3.63) is 77.4 Å². The van der Waals surface area contributed by atoms with Crippen LogP contribution < -0.4 is 11.2 Å². The van der Waals surface area contributed by atoms with Gasteiger partial charge in [0.2, 0.25) is 5.96 Å². The zero-order valence-electron chi connectivity index (χ0n) is 14.5. The fourth-order valence-electron chi connectivity index (χ4n) is 2.28. The first-order chi connectivity index (χ1) is 13.0. The molecule has 0 saturated heterocycles. The van der Waals surface area contributed by atoms with Gasteiger partial charge in [0.25, 0.3) is 0 Å². The quantitative estimate of drug-likeness (QED) is 0.414. The Bertz CT molecular complexity index is 954. The minimum absolute atomic E-state index is 0.00249. The highest BCUT2D eigenvalue weighted by molar-refractivity contribution is 5.89. The van der Waals surface area contributed by atoms with Crippen molar-refractivity contribution >= 4 is 11.9 Å². The monoisotopic (exact) mass is 368 g/mol. The Kier molecular flexibility index (Phi) is 5.41. The van der Waals surface area contributed by atoms with Crippen LogP contribution in [0, 0.1) is 12.7 Å². The number of halogens is 1. The van der Waals surface area contributed by atoms with E-state index in [-0.39, 0.29) is 17.5 Å². The Balaban J connectivity index is 1.62. The average molecular weight is 368 g/mol. The molecule has 0 spiro atoms. The fourth-order valence-corrected chi connectivity index (χ4v) is 2.28. The first kappa shape index (κ1) is 18.1. The molecule has 0 aliphatic carbocycles. The number of hydrogen-bond acceptors (Lipinski definition) is 5. The van der Waals surface area contributed by atoms with Crippen LogP contribution in [0.25, 0.3) is 5.69 Å². The molecule has 27 heavy (non-hydrogen) atoms. The molecule has 3 aromatic rings. The molecule has 0 atom stereocenters. The molecule has 0 bridgehead atoms. The summed E-state index contributed by atoms with van der Waals surface area (Å²) >= 11 is 0. The molecule has 0 saturated carbocycles. The van der Waals surface area contributed by atoms with Crippen LogP contribution in [0.4, 0.5) is 4.39 Å². The molecule has 138 valence electrons. The summed E-state index contributed by atoms with van der Waals surface area (Å²) in [5, 5.41) is 7.70. The van der Waals surface area contributed by atoms with Gasteiger partial charge in [0, 0.05) is 0 Å². The van der Waals surface area contributed by atoms with Crippen molar-refractivity contribution in [1.82, 2.24) is 20.5 Å². The average Bonchev–Trinajstić information content (AvgIpc) is 3.07. The summed E-state index contributed by atoms with van der Waals surface area (Å²) in [7, 11) is 0. The first-order valence-corrected chi connectivity index (χ1v) is 8.04. The van der Waals surface area contributed by atoms with Gasteiger partial charge in [-0.25, -0.2) is 18.9 Å². The van der Waals surface area contributed by atoms with E-state index in [1.807, 2.05) is 30.3 Å². The summed E-state index contributed by atoms with van der Waals surface area (Å²) in [4.78, 5) is 21.2. The lowest BCUT2D eigenvalue weighted by Gasteiger charge is -2.06. The van der Waals surface area contributed by atoms with E-state index in [1.165, 1.54) is 28.9 Å². The molecule has 0 unspecified atom stereocenters. The Labute approximate surface area is 154 Å². The zero-order chi connectivity index (χ0) is 19.2. The normalized spacial score (nSPS) is 11.3. The minimum Gasteiger partial charge on any atom is -0.368 e. The van der Waals surface area contributed by atoms with Crippen molar-refractivity contribution in [3.8, 4) is 5.69 Å². The van der Waals surface area contributed by atoms with Gasteiger partial charge in [-0.3, -0.25) is 0 Å². The SMILES string of the molecule is Cc1c(C(=O)ONC(N)=NCc2ccccc2)nnn1-c1ccc(F)cc1. The van der Waals surface area contributed by atoms with E-state index in [0.717, 1.165) is 5.56 Å². The number of carbonyl (C=O) groups is 1. The Hall–Kier alpha value is -3.75. The van der Waals surface area contributed by atoms with E-state index >= 15 is 0 Å². The van der Waals surface area contributed by atoms with E-state index in [9.17, 15) is 9.18 Å². The van der Waals surface area contributed by atoms with Gasteiger partial charge in [-0.2, -0.15) is 5.48 Å². The maximum absolute atomic E-state index is 13.0. The summed E-state index contributed by atoms with van der Waals surface area (Å²) in [5.74, 6) is -1.18. The lowest BCUT2D eigenvalue weighted by Crippen LogP contribution is -2.34. The summed E-state index contributed by atoms with van der Waals surface area (Å²) in [6, 6.07) is 15.1. The van der Waals surface area contributed by atoms with Gasteiger partial charge in [-0.1, -0.05) is 35.5 Å². The standard InChI is InChI=1S/C18H17FN6O2/c1-12-16(22-24-25(12)15-9-7-14(19)8-10-15)17(26)27-23-18(20)21-11-13-5-3-2-4-6-13/h2-10H,11H2,1H3,(H3,20,21,23). The van der Waals surface area contributed by atoms with Crippen molar-refractivity contribution in [1.29, 1.82) is 0 Å². The lowest BCUT2D eigenvalue weighted by molar-refractivity contribution is 0.0375. The van der Waals surface area contributed by atoms with Crippen LogP contribution in [-0.2, 0) is 11.4 Å². The van der Waals surface area contributed by atoms with E-state index in [2.05, 4.69) is 20.8 Å². The summed E-state index contributed by atoms with van der Waals surface area (Å²) in [6.45, 7) is 1.99. The molecular formula is C18H17FN6O2. The highest BCUT2D eigenvalue weighted by atomic mass is 19.1. The summed E-state index contributed by atoms with van der Waals surface area (Å²) in [6.07, 6.45) is 0. The third-order valence-electron chi connectivity index (χ3n) is 3.68. The van der Waals surface area contributed by atoms with Gasteiger partial charge in [0.15, 0.2) is 5.69 Å². The van der Waals surface area contributed by atoms with Crippen LogP contribution in [0.3, 0.4) is 0 Å². The molecule has 2 aromatic carbocycles. The Morgan fingerprint density at radius 3 is 2.63 bits per heavy atom. The number of hydrogen-bond donors (Lipinski definition) is 2. The number of hydroxylamine groups is 1. The second kappa shape index (κ2) is 8.09. The Morgan fingerprint density at radius 2 is 1.93 bits per heavy atom. The third kappa shape index (κ3) is 4.46. The van der Waals surface area contributed by atoms with Gasteiger partial charge < -0.3 is 10.6 Å². The maximum atomic E-state index is 13.0. The fraction of sp³-hybridized carbons (Fsp3) is 0.111. The molecule has 9 heteroatoms. The van der Waals surface area contributed by atoms with Crippen LogP contribution in [0.15, 0.2) is 59.6 Å². The highest BCUT2D eigenvalue weighted by Crippen LogP contribution is 2.13. The predicted molar refractivity (Wildman–Crippen MR) is 96.4 cm³/mol. The number of nitrogens with zero attached hydrogens (tertiary/aromatic N) is 4. The van der Waals surface area contributed by atoms with Gasteiger partial charge in [0.1, 0.15) is 5.82 Å². The van der Waals surface area contributed by atoms with E-state index in [4.69, 9.17) is 10.6 Å². The molecule has 3 rings (SSSR count). The largest absolute Gasteiger partial charge is 0.385 e. The maximum Gasteiger partial charge on any atom is 0.385 e. The van der Waals surface area contributed by atoms with Crippen LogP contribution in [-0.4, -0.2) is 26.9 Å². The van der Waals surface area contributed by atoms with Gasteiger partial charge in [-0.05, 0) is 36.8 Å². The smallest absolute Gasteiger partial charge is 0.368 e. The number of benzene rings is 2. The second-order valence-corrected chi connectivity index (χ2v) is 5.59. The van der Waals surface area contributed by atoms with Crippen molar-refractivity contribution in [2.75, 3.05) is 0 Å². The first-order valence-electron chi connectivity index (χ1n) is 8.04. The molecule has 1 heterocycles. The number of nitrogens with one attached hydrogen (secondary N) is 1. The molecule has 0 aliphatic rings. The van der Waals surface area contributed by atoms with Crippen molar-refractivity contribution in [3.63, 3.8) is 0 Å². The van der Waals surface area contributed by atoms with Crippen LogP contribution >= 0.6 is 0 Å². The van der Waals surface area contributed by atoms with Crippen molar-refractivity contribution in [2.24, 2.45) is 10.7 Å². The van der Waals surface area contributed by atoms with Crippen molar-refractivity contribution < 1.29 is 14.0 Å².